The largest absolute Gasteiger partial charge is 0.311 e. The molecule has 1 aromatic carbocycles. The number of hydrogen-bond donors (Lipinski definition) is 1. The average Bonchev–Trinajstić information content (AvgIpc) is 2.90. The molecule has 0 bridgehead atoms. The van der Waals surface area contributed by atoms with Crippen LogP contribution in [0, 0.1) is 11.6 Å². The van der Waals surface area contributed by atoms with Crippen LogP contribution in [0.15, 0.2) is 18.2 Å². The van der Waals surface area contributed by atoms with E-state index < -0.39 is 11.6 Å². The van der Waals surface area contributed by atoms with Crippen molar-refractivity contribution in [2.45, 2.75) is 39.3 Å². The van der Waals surface area contributed by atoms with Gasteiger partial charge >= 0.3 is 0 Å². The lowest BCUT2D eigenvalue weighted by atomic mass is 10.1. The van der Waals surface area contributed by atoms with Gasteiger partial charge in [-0.25, -0.2) is 18.4 Å². The highest BCUT2D eigenvalue weighted by Crippen LogP contribution is 2.21. The maximum atomic E-state index is 13.9. The Morgan fingerprint density at radius 3 is 2.62 bits per heavy atom. The van der Waals surface area contributed by atoms with E-state index in [1.165, 1.54) is 6.07 Å². The molecule has 1 unspecified atom stereocenters. The highest BCUT2D eigenvalue weighted by atomic mass is 19.2. The quantitative estimate of drug-likeness (QED) is 0.890. The predicted molar refractivity (Wildman–Crippen MR) is 76.9 cm³/mol. The van der Waals surface area contributed by atoms with Gasteiger partial charge in [-0.1, -0.05) is 26.0 Å². The molecule has 1 aromatic heterocycles. The second-order valence-corrected chi connectivity index (χ2v) is 4.82. The van der Waals surface area contributed by atoms with Gasteiger partial charge in [0.05, 0.1) is 12.6 Å². The molecule has 0 fully saturated rings. The summed E-state index contributed by atoms with van der Waals surface area (Å²) in [5.74, 6) is -0.0349. The maximum Gasteiger partial charge on any atom is 0.163 e. The van der Waals surface area contributed by atoms with Crippen LogP contribution in [0.2, 0.25) is 0 Å². The van der Waals surface area contributed by atoms with E-state index in [0.29, 0.717) is 12.1 Å². The second-order valence-electron chi connectivity index (χ2n) is 4.82. The average molecular weight is 294 g/mol. The van der Waals surface area contributed by atoms with Gasteiger partial charge in [0.15, 0.2) is 17.5 Å². The number of hydrogen-bond acceptors (Lipinski definition) is 3. The molecule has 114 valence electrons. The molecule has 0 radical (unpaired) electrons. The van der Waals surface area contributed by atoms with Gasteiger partial charge in [-0.2, -0.15) is 5.10 Å². The summed E-state index contributed by atoms with van der Waals surface area (Å²) in [5.41, 5.74) is 0.299. The number of aryl methyl sites for hydroxylation is 2. The van der Waals surface area contributed by atoms with Crippen molar-refractivity contribution in [2.24, 2.45) is 0 Å². The van der Waals surface area contributed by atoms with Crippen molar-refractivity contribution in [2.75, 3.05) is 7.05 Å². The van der Waals surface area contributed by atoms with Crippen molar-refractivity contribution in [1.29, 1.82) is 0 Å². The number of nitrogens with one attached hydrogen (secondary N) is 1. The van der Waals surface area contributed by atoms with Gasteiger partial charge in [0, 0.05) is 18.4 Å². The first kappa shape index (κ1) is 15.6. The van der Waals surface area contributed by atoms with Crippen molar-refractivity contribution in [3.63, 3.8) is 0 Å². The fraction of sp³-hybridized carbons (Fsp3) is 0.467. The molecule has 2 rings (SSSR count). The van der Waals surface area contributed by atoms with Crippen LogP contribution in [-0.2, 0) is 19.4 Å². The van der Waals surface area contributed by atoms with Crippen LogP contribution in [0.5, 0.6) is 0 Å². The SMILES string of the molecule is CCc1nc(CC)n(CC(NC)c2cccc(F)c2F)n1. The van der Waals surface area contributed by atoms with Crippen LogP contribution in [0.4, 0.5) is 8.78 Å². The Labute approximate surface area is 123 Å². The Balaban J connectivity index is 2.31. The van der Waals surface area contributed by atoms with Gasteiger partial charge in [-0.05, 0) is 13.1 Å². The fourth-order valence-electron chi connectivity index (χ4n) is 2.29. The van der Waals surface area contributed by atoms with Gasteiger partial charge in [-0.3, -0.25) is 0 Å². The minimum atomic E-state index is -0.837. The van der Waals surface area contributed by atoms with Crippen molar-refractivity contribution >= 4 is 0 Å². The highest BCUT2D eigenvalue weighted by Gasteiger charge is 2.19. The first-order valence-corrected chi connectivity index (χ1v) is 7.14. The summed E-state index contributed by atoms with van der Waals surface area (Å²) in [6, 6.07) is 3.85. The molecule has 0 spiro atoms. The monoisotopic (exact) mass is 294 g/mol. The van der Waals surface area contributed by atoms with Gasteiger partial charge in [0.1, 0.15) is 5.82 Å². The normalized spacial score (nSPS) is 12.6. The molecule has 0 amide bonds. The third kappa shape index (κ3) is 3.26. The Morgan fingerprint density at radius 1 is 1.24 bits per heavy atom. The smallest absolute Gasteiger partial charge is 0.163 e. The number of halogens is 2. The molecular weight excluding hydrogens is 274 g/mol. The Morgan fingerprint density at radius 2 is 2.00 bits per heavy atom. The highest BCUT2D eigenvalue weighted by molar-refractivity contribution is 5.22. The number of nitrogens with zero attached hydrogens (tertiary/aromatic N) is 3. The molecule has 0 aliphatic rings. The molecule has 1 heterocycles. The number of benzene rings is 1. The van der Waals surface area contributed by atoms with E-state index >= 15 is 0 Å². The van der Waals surface area contributed by atoms with Crippen LogP contribution >= 0.6 is 0 Å². The first-order valence-electron chi connectivity index (χ1n) is 7.14. The molecule has 0 saturated carbocycles. The molecule has 2 aromatic rings. The van der Waals surface area contributed by atoms with Crippen molar-refractivity contribution in [3.05, 3.63) is 47.0 Å². The van der Waals surface area contributed by atoms with E-state index in [-0.39, 0.29) is 6.04 Å². The zero-order valence-electron chi connectivity index (χ0n) is 12.5. The minimum Gasteiger partial charge on any atom is -0.311 e. The third-order valence-electron chi connectivity index (χ3n) is 3.49. The number of aromatic nitrogens is 3. The molecule has 1 atom stereocenters. The second kappa shape index (κ2) is 6.76. The third-order valence-corrected chi connectivity index (χ3v) is 3.49. The minimum absolute atomic E-state index is 0.299. The number of rotatable bonds is 6. The summed E-state index contributed by atoms with van der Waals surface area (Å²) in [7, 11) is 1.72. The maximum absolute atomic E-state index is 13.9. The van der Waals surface area contributed by atoms with E-state index in [2.05, 4.69) is 15.4 Å². The lowest BCUT2D eigenvalue weighted by molar-refractivity contribution is 0.423. The zero-order valence-corrected chi connectivity index (χ0v) is 12.5. The molecule has 6 heteroatoms. The topological polar surface area (TPSA) is 42.7 Å². The van der Waals surface area contributed by atoms with E-state index in [1.807, 2.05) is 13.8 Å². The van der Waals surface area contributed by atoms with Crippen LogP contribution in [0.3, 0.4) is 0 Å². The van der Waals surface area contributed by atoms with Crippen LogP contribution in [0.1, 0.15) is 37.1 Å². The van der Waals surface area contributed by atoms with Crippen LogP contribution in [-0.4, -0.2) is 21.8 Å². The molecule has 4 nitrogen and oxygen atoms in total. The number of likely N-dealkylation sites (N-methyl/N-ethyl adjacent to an activating group) is 1. The van der Waals surface area contributed by atoms with Crippen molar-refractivity contribution in [3.8, 4) is 0 Å². The zero-order chi connectivity index (χ0) is 15.4. The Bertz CT molecular complexity index is 610. The molecule has 0 aliphatic carbocycles. The van der Waals surface area contributed by atoms with Gasteiger partial charge in [-0.15, -0.1) is 0 Å². The lowest BCUT2D eigenvalue weighted by Gasteiger charge is -2.18. The Kier molecular flexibility index (Phi) is 5.01. The standard InChI is InChI=1S/C15H20F2N4/c1-4-13-19-14(5-2)21(20-13)9-12(18-3)10-7-6-8-11(16)15(10)17/h6-8,12,18H,4-5,9H2,1-3H3. The fourth-order valence-corrected chi connectivity index (χ4v) is 2.29. The summed E-state index contributed by atoms with van der Waals surface area (Å²) in [6.07, 6.45) is 1.49. The van der Waals surface area contributed by atoms with Gasteiger partial charge in [0.2, 0.25) is 0 Å². The summed E-state index contributed by atoms with van der Waals surface area (Å²) in [5, 5.41) is 7.43. The summed E-state index contributed by atoms with van der Waals surface area (Å²) >= 11 is 0. The van der Waals surface area contributed by atoms with Crippen LogP contribution < -0.4 is 5.32 Å². The summed E-state index contributed by atoms with van der Waals surface area (Å²) in [6.45, 7) is 4.39. The molecule has 1 N–H and O–H groups in total. The van der Waals surface area contributed by atoms with Crippen molar-refractivity contribution < 1.29 is 8.78 Å². The molecule has 0 saturated heterocycles. The summed E-state index contributed by atoms with van der Waals surface area (Å²) < 4.78 is 29.1. The van der Waals surface area contributed by atoms with E-state index in [0.717, 1.165) is 30.6 Å². The first-order chi connectivity index (χ1) is 10.1. The Hall–Kier alpha value is -1.82. The van der Waals surface area contributed by atoms with Gasteiger partial charge in [0.25, 0.3) is 0 Å². The van der Waals surface area contributed by atoms with Gasteiger partial charge < -0.3 is 5.32 Å². The van der Waals surface area contributed by atoms with Crippen molar-refractivity contribution in [1.82, 2.24) is 20.1 Å². The predicted octanol–water partition coefficient (Wildman–Crippen LogP) is 2.64. The molecule has 21 heavy (non-hydrogen) atoms. The summed E-state index contributed by atoms with van der Waals surface area (Å²) in [4.78, 5) is 4.42. The molecular formula is C15H20F2N4. The van der Waals surface area contributed by atoms with E-state index in [1.54, 1.807) is 17.8 Å². The van der Waals surface area contributed by atoms with E-state index in [4.69, 9.17) is 0 Å². The van der Waals surface area contributed by atoms with Crippen LogP contribution in [0.25, 0.3) is 0 Å². The molecule has 0 aliphatic heterocycles. The lowest BCUT2D eigenvalue weighted by Crippen LogP contribution is -2.25. The van der Waals surface area contributed by atoms with E-state index in [9.17, 15) is 8.78 Å².